The average molecular weight is 224 g/mol. The van der Waals surface area contributed by atoms with Gasteiger partial charge in [-0.25, -0.2) is 4.79 Å². The molecule has 78 valence electrons. The number of fused-ring (bicyclic) bond motifs is 1. The Hall–Kier alpha value is -1.48. The fraction of sp³-hybridized carbons (Fsp3) is 0.182. The number of rotatable bonds is 1. The van der Waals surface area contributed by atoms with Gasteiger partial charge in [-0.2, -0.15) is 0 Å². The molecule has 0 spiro atoms. The molecule has 0 aliphatic carbocycles. The number of esters is 1. The highest BCUT2D eigenvalue weighted by Crippen LogP contribution is 2.27. The van der Waals surface area contributed by atoms with Gasteiger partial charge in [0.2, 0.25) is 0 Å². The van der Waals surface area contributed by atoms with Crippen LogP contribution >= 0.6 is 11.6 Å². The van der Waals surface area contributed by atoms with Crippen molar-refractivity contribution in [3.8, 4) is 0 Å². The van der Waals surface area contributed by atoms with Gasteiger partial charge in [-0.1, -0.05) is 17.7 Å². The summed E-state index contributed by atoms with van der Waals surface area (Å²) >= 11 is 6.12. The zero-order valence-corrected chi connectivity index (χ0v) is 9.18. The Morgan fingerprint density at radius 2 is 2.20 bits per heavy atom. The Labute approximate surface area is 92.0 Å². The van der Waals surface area contributed by atoms with Crippen LogP contribution in [0, 0.1) is 6.92 Å². The molecule has 0 amide bonds. The lowest BCUT2D eigenvalue weighted by atomic mass is 10.2. The predicted molar refractivity (Wildman–Crippen MR) is 59.4 cm³/mol. The van der Waals surface area contributed by atoms with Gasteiger partial charge < -0.3 is 9.72 Å². The van der Waals surface area contributed by atoms with Crippen LogP contribution in [0.1, 0.15) is 16.1 Å². The predicted octanol–water partition coefficient (Wildman–Crippen LogP) is 2.92. The number of carbonyl (C=O) groups is 1. The van der Waals surface area contributed by atoms with Crippen LogP contribution in [0.5, 0.6) is 0 Å². The normalized spacial score (nSPS) is 10.6. The van der Waals surface area contributed by atoms with E-state index >= 15 is 0 Å². The molecule has 1 N–H and O–H groups in total. The zero-order chi connectivity index (χ0) is 11.0. The quantitative estimate of drug-likeness (QED) is 0.756. The first-order chi connectivity index (χ1) is 7.13. The minimum atomic E-state index is -0.389. The Balaban J connectivity index is 2.66. The van der Waals surface area contributed by atoms with E-state index in [-0.39, 0.29) is 5.97 Å². The second-order valence-corrected chi connectivity index (χ2v) is 3.71. The molecular formula is C11H10ClNO2. The van der Waals surface area contributed by atoms with Crippen LogP contribution in [0.25, 0.3) is 10.9 Å². The molecule has 0 saturated heterocycles. The molecule has 0 fully saturated rings. The van der Waals surface area contributed by atoms with Gasteiger partial charge in [-0.05, 0) is 24.6 Å². The highest BCUT2D eigenvalue weighted by atomic mass is 35.5. The maximum absolute atomic E-state index is 11.3. The number of benzene rings is 1. The third kappa shape index (κ3) is 1.59. The van der Waals surface area contributed by atoms with Gasteiger partial charge in [0.05, 0.1) is 12.1 Å². The Bertz CT molecular complexity index is 531. The molecule has 0 radical (unpaired) electrons. The van der Waals surface area contributed by atoms with Gasteiger partial charge in [0, 0.05) is 10.9 Å². The number of hydrogen-bond acceptors (Lipinski definition) is 2. The molecule has 3 nitrogen and oxygen atoms in total. The van der Waals surface area contributed by atoms with E-state index in [4.69, 9.17) is 11.6 Å². The van der Waals surface area contributed by atoms with Crippen molar-refractivity contribution in [3.05, 3.63) is 34.5 Å². The molecule has 4 heteroatoms. The average Bonchev–Trinajstić information content (AvgIpc) is 2.67. The highest BCUT2D eigenvalue weighted by molar-refractivity contribution is 6.36. The first kappa shape index (κ1) is 10.1. The minimum Gasteiger partial charge on any atom is -0.464 e. The van der Waals surface area contributed by atoms with E-state index in [0.717, 1.165) is 16.5 Å². The summed E-state index contributed by atoms with van der Waals surface area (Å²) < 4.78 is 4.62. The molecule has 0 aliphatic rings. The van der Waals surface area contributed by atoms with Crippen molar-refractivity contribution < 1.29 is 9.53 Å². The highest BCUT2D eigenvalue weighted by Gasteiger charge is 2.11. The number of hydrogen-bond donors (Lipinski definition) is 1. The minimum absolute atomic E-state index is 0.389. The number of aromatic amines is 1. The second kappa shape index (κ2) is 3.59. The number of methoxy groups -OCH3 is 1. The Morgan fingerprint density at radius 1 is 1.47 bits per heavy atom. The van der Waals surface area contributed by atoms with E-state index in [2.05, 4.69) is 9.72 Å². The fourth-order valence-electron chi connectivity index (χ4n) is 1.50. The Kier molecular flexibility index (Phi) is 2.40. The summed E-state index contributed by atoms with van der Waals surface area (Å²) in [6, 6.07) is 5.50. The number of ether oxygens (including phenoxy) is 1. The van der Waals surface area contributed by atoms with Crippen LogP contribution in [-0.2, 0) is 4.74 Å². The zero-order valence-electron chi connectivity index (χ0n) is 8.43. The van der Waals surface area contributed by atoms with E-state index in [1.807, 2.05) is 19.1 Å². The van der Waals surface area contributed by atoms with Crippen LogP contribution in [-0.4, -0.2) is 18.1 Å². The largest absolute Gasteiger partial charge is 0.464 e. The van der Waals surface area contributed by atoms with Gasteiger partial charge in [0.1, 0.15) is 5.69 Å². The number of carbonyl (C=O) groups excluding carboxylic acids is 1. The van der Waals surface area contributed by atoms with Crippen molar-refractivity contribution in [2.45, 2.75) is 6.92 Å². The number of H-pyrrole nitrogens is 1. The number of halogens is 1. The molecule has 2 rings (SSSR count). The smallest absolute Gasteiger partial charge is 0.354 e. The molecule has 0 aliphatic heterocycles. The van der Waals surface area contributed by atoms with E-state index in [1.165, 1.54) is 7.11 Å². The SMILES string of the molecule is COC(=O)c1cc2c(Cl)c(C)ccc2[nH]1. The lowest BCUT2D eigenvalue weighted by molar-refractivity contribution is 0.0595. The van der Waals surface area contributed by atoms with Crippen LogP contribution in [0.4, 0.5) is 0 Å². The van der Waals surface area contributed by atoms with Crippen molar-refractivity contribution in [2.24, 2.45) is 0 Å². The molecule has 0 saturated carbocycles. The van der Waals surface area contributed by atoms with Gasteiger partial charge in [-0.3, -0.25) is 0 Å². The van der Waals surface area contributed by atoms with Crippen molar-refractivity contribution in [2.75, 3.05) is 7.11 Å². The van der Waals surface area contributed by atoms with E-state index in [9.17, 15) is 4.79 Å². The second-order valence-electron chi connectivity index (χ2n) is 3.33. The molecule has 1 heterocycles. The number of aryl methyl sites for hydroxylation is 1. The van der Waals surface area contributed by atoms with Crippen LogP contribution in [0.2, 0.25) is 5.02 Å². The van der Waals surface area contributed by atoms with Crippen molar-refractivity contribution in [1.82, 2.24) is 4.98 Å². The number of aromatic nitrogens is 1. The maximum Gasteiger partial charge on any atom is 0.354 e. The Morgan fingerprint density at radius 3 is 2.87 bits per heavy atom. The van der Waals surface area contributed by atoms with Crippen LogP contribution in [0.15, 0.2) is 18.2 Å². The summed E-state index contributed by atoms with van der Waals surface area (Å²) in [7, 11) is 1.35. The molecule has 1 aromatic carbocycles. The van der Waals surface area contributed by atoms with E-state index in [1.54, 1.807) is 6.07 Å². The summed E-state index contributed by atoms with van der Waals surface area (Å²) in [5, 5.41) is 1.51. The monoisotopic (exact) mass is 223 g/mol. The summed E-state index contributed by atoms with van der Waals surface area (Å²) in [4.78, 5) is 14.2. The third-order valence-electron chi connectivity index (χ3n) is 2.34. The molecule has 0 atom stereocenters. The molecule has 1 aromatic heterocycles. The third-order valence-corrected chi connectivity index (χ3v) is 2.84. The summed E-state index contributed by atoms with van der Waals surface area (Å²) in [5.74, 6) is -0.389. The van der Waals surface area contributed by atoms with Gasteiger partial charge >= 0.3 is 5.97 Å². The first-order valence-electron chi connectivity index (χ1n) is 4.49. The standard InChI is InChI=1S/C11H10ClNO2/c1-6-3-4-8-7(10(6)12)5-9(13-8)11(14)15-2/h3-5,13H,1-2H3. The van der Waals surface area contributed by atoms with Crippen LogP contribution in [0.3, 0.4) is 0 Å². The molecule has 15 heavy (non-hydrogen) atoms. The van der Waals surface area contributed by atoms with Gasteiger partial charge in [-0.15, -0.1) is 0 Å². The number of nitrogens with one attached hydrogen (secondary N) is 1. The maximum atomic E-state index is 11.3. The lowest BCUT2D eigenvalue weighted by Crippen LogP contribution is -2.00. The first-order valence-corrected chi connectivity index (χ1v) is 4.87. The van der Waals surface area contributed by atoms with Crippen molar-refractivity contribution in [1.29, 1.82) is 0 Å². The molecule has 0 bridgehead atoms. The molecular weight excluding hydrogens is 214 g/mol. The molecule has 2 aromatic rings. The van der Waals surface area contributed by atoms with E-state index in [0.29, 0.717) is 10.7 Å². The fourth-order valence-corrected chi connectivity index (χ4v) is 1.72. The van der Waals surface area contributed by atoms with Crippen molar-refractivity contribution in [3.63, 3.8) is 0 Å². The topological polar surface area (TPSA) is 42.1 Å². The van der Waals surface area contributed by atoms with E-state index < -0.39 is 0 Å². The van der Waals surface area contributed by atoms with Gasteiger partial charge in [0.15, 0.2) is 0 Å². The summed E-state index contributed by atoms with van der Waals surface area (Å²) in [6.07, 6.45) is 0. The van der Waals surface area contributed by atoms with Gasteiger partial charge in [0.25, 0.3) is 0 Å². The van der Waals surface area contributed by atoms with Crippen LogP contribution < -0.4 is 0 Å². The van der Waals surface area contributed by atoms with Crippen molar-refractivity contribution >= 4 is 28.5 Å². The molecule has 0 unspecified atom stereocenters. The summed E-state index contributed by atoms with van der Waals surface area (Å²) in [6.45, 7) is 1.92. The summed E-state index contributed by atoms with van der Waals surface area (Å²) in [5.41, 5.74) is 2.24. The lowest BCUT2D eigenvalue weighted by Gasteiger charge is -1.97.